The summed E-state index contributed by atoms with van der Waals surface area (Å²) >= 11 is 5.63. The molecule has 6 nitrogen and oxygen atoms in total. The molecule has 0 aliphatic heterocycles. The highest BCUT2D eigenvalue weighted by Gasteiger charge is 2.30. The van der Waals surface area contributed by atoms with Crippen LogP contribution in [-0.4, -0.2) is 18.9 Å². The summed E-state index contributed by atoms with van der Waals surface area (Å²) in [6.07, 6.45) is -4.40. The van der Waals surface area contributed by atoms with Crippen LogP contribution in [0.5, 0.6) is 0 Å². The Morgan fingerprint density at radius 3 is 2.29 bits per heavy atom. The summed E-state index contributed by atoms with van der Waals surface area (Å²) in [5, 5.41) is 8.66. The standard InChI is InChI=1S/C24H24F3N5OS/c1-15(2)13-31-21-19(22(34)30(3)23(31)33)20(28-18-7-5-4-6-8-18)32(29-21)14-16-9-11-17(12-10-16)24(25,26)27/h4-12,15,28H,13-14H2,1-3H3. The molecule has 4 rings (SSSR count). The SMILES string of the molecule is CC(C)Cn1c(=O)n(C)c(=S)c2c(Nc3ccccc3)n(Cc3ccc(C(F)(F)F)cc3)nc21. The minimum atomic E-state index is -4.40. The summed E-state index contributed by atoms with van der Waals surface area (Å²) in [6, 6.07) is 14.4. The summed E-state index contributed by atoms with van der Waals surface area (Å²) in [7, 11) is 1.63. The van der Waals surface area contributed by atoms with Gasteiger partial charge in [-0.3, -0.25) is 9.13 Å². The number of benzene rings is 2. The van der Waals surface area contributed by atoms with E-state index in [1.807, 2.05) is 44.2 Å². The number of hydrogen-bond donors (Lipinski definition) is 1. The van der Waals surface area contributed by atoms with Crippen molar-refractivity contribution < 1.29 is 13.2 Å². The molecule has 0 amide bonds. The lowest BCUT2D eigenvalue weighted by Crippen LogP contribution is -2.31. The van der Waals surface area contributed by atoms with Crippen molar-refractivity contribution in [2.75, 3.05) is 5.32 Å². The van der Waals surface area contributed by atoms with Crippen molar-refractivity contribution in [3.8, 4) is 0 Å². The zero-order chi connectivity index (χ0) is 24.6. The van der Waals surface area contributed by atoms with Crippen LogP contribution >= 0.6 is 12.2 Å². The second-order valence-electron chi connectivity index (χ2n) is 8.54. The molecule has 178 valence electrons. The normalized spacial score (nSPS) is 12.0. The van der Waals surface area contributed by atoms with Crippen molar-refractivity contribution >= 4 is 34.8 Å². The van der Waals surface area contributed by atoms with Gasteiger partial charge < -0.3 is 5.32 Å². The zero-order valence-corrected chi connectivity index (χ0v) is 19.7. The summed E-state index contributed by atoms with van der Waals surface area (Å²) in [5.41, 5.74) is 0.875. The second-order valence-corrected chi connectivity index (χ2v) is 8.93. The van der Waals surface area contributed by atoms with E-state index in [2.05, 4.69) is 5.32 Å². The molecule has 2 aromatic heterocycles. The molecule has 0 aliphatic carbocycles. The Bertz CT molecular complexity index is 1430. The molecule has 2 heterocycles. The molecule has 0 saturated heterocycles. The van der Waals surface area contributed by atoms with Crippen LogP contribution in [0.15, 0.2) is 59.4 Å². The lowest BCUT2D eigenvalue weighted by Gasteiger charge is -2.13. The van der Waals surface area contributed by atoms with Crippen LogP contribution in [0.4, 0.5) is 24.7 Å². The Hall–Kier alpha value is -3.40. The molecule has 10 heteroatoms. The van der Waals surface area contributed by atoms with Crippen molar-refractivity contribution in [1.82, 2.24) is 18.9 Å². The molecule has 0 radical (unpaired) electrons. The lowest BCUT2D eigenvalue weighted by molar-refractivity contribution is -0.137. The fourth-order valence-electron chi connectivity index (χ4n) is 3.76. The van der Waals surface area contributed by atoms with Gasteiger partial charge in [-0.25, -0.2) is 9.48 Å². The van der Waals surface area contributed by atoms with Gasteiger partial charge in [0, 0.05) is 19.3 Å². The number of aromatic nitrogens is 4. The van der Waals surface area contributed by atoms with E-state index in [4.69, 9.17) is 17.3 Å². The Balaban J connectivity index is 1.91. The molecule has 0 spiro atoms. The largest absolute Gasteiger partial charge is 0.416 e. The van der Waals surface area contributed by atoms with E-state index in [0.717, 1.165) is 17.8 Å². The third kappa shape index (κ3) is 4.63. The van der Waals surface area contributed by atoms with Crippen LogP contribution in [0, 0.1) is 10.6 Å². The first-order valence-corrected chi connectivity index (χ1v) is 11.2. The van der Waals surface area contributed by atoms with E-state index in [1.165, 1.54) is 16.7 Å². The average Bonchev–Trinajstić information content (AvgIpc) is 3.13. The molecule has 0 fully saturated rings. The zero-order valence-electron chi connectivity index (χ0n) is 18.9. The van der Waals surface area contributed by atoms with Crippen LogP contribution in [0.2, 0.25) is 0 Å². The molecule has 0 unspecified atom stereocenters. The number of anilines is 2. The first kappa shape index (κ1) is 23.7. The van der Waals surface area contributed by atoms with Crippen molar-refractivity contribution in [2.24, 2.45) is 13.0 Å². The van der Waals surface area contributed by atoms with Crippen LogP contribution in [0.3, 0.4) is 0 Å². The lowest BCUT2D eigenvalue weighted by atomic mass is 10.1. The van der Waals surface area contributed by atoms with Gasteiger partial charge in [0.05, 0.1) is 17.5 Å². The van der Waals surface area contributed by atoms with Gasteiger partial charge in [0.15, 0.2) is 5.65 Å². The maximum Gasteiger partial charge on any atom is 0.416 e. The van der Waals surface area contributed by atoms with Gasteiger partial charge in [0.2, 0.25) is 0 Å². The third-order valence-electron chi connectivity index (χ3n) is 5.42. The van der Waals surface area contributed by atoms with Crippen LogP contribution < -0.4 is 11.0 Å². The molecule has 0 bridgehead atoms. The van der Waals surface area contributed by atoms with Gasteiger partial charge in [0.1, 0.15) is 10.5 Å². The first-order valence-electron chi connectivity index (χ1n) is 10.7. The van der Waals surface area contributed by atoms with Gasteiger partial charge in [-0.05, 0) is 35.7 Å². The number of para-hydroxylation sites is 1. The Morgan fingerprint density at radius 2 is 1.71 bits per heavy atom. The summed E-state index contributed by atoms with van der Waals surface area (Å²) < 4.78 is 43.9. The van der Waals surface area contributed by atoms with Crippen molar-refractivity contribution in [3.63, 3.8) is 0 Å². The van der Waals surface area contributed by atoms with E-state index in [-0.39, 0.29) is 18.2 Å². The monoisotopic (exact) mass is 487 g/mol. The first-order chi connectivity index (χ1) is 16.1. The van der Waals surface area contributed by atoms with Gasteiger partial charge in [0.25, 0.3) is 0 Å². The average molecular weight is 488 g/mol. The van der Waals surface area contributed by atoms with Crippen molar-refractivity contribution in [3.05, 3.63) is 80.8 Å². The third-order valence-corrected chi connectivity index (χ3v) is 5.90. The maximum absolute atomic E-state index is 13.0. The number of nitrogens with zero attached hydrogens (tertiary/aromatic N) is 4. The molecule has 0 aliphatic rings. The number of rotatable bonds is 6. The van der Waals surface area contributed by atoms with Crippen LogP contribution in [0.25, 0.3) is 11.0 Å². The quantitative estimate of drug-likeness (QED) is 0.353. The predicted octanol–water partition coefficient (Wildman–Crippen LogP) is 5.73. The van der Waals surface area contributed by atoms with E-state index in [1.54, 1.807) is 16.3 Å². The number of halogens is 3. The van der Waals surface area contributed by atoms with Gasteiger partial charge >= 0.3 is 11.9 Å². The molecular formula is C24H24F3N5OS. The van der Waals surface area contributed by atoms with Gasteiger partial charge in [-0.15, -0.1) is 0 Å². The predicted molar refractivity (Wildman–Crippen MR) is 129 cm³/mol. The van der Waals surface area contributed by atoms with Crippen LogP contribution in [0.1, 0.15) is 25.0 Å². The van der Waals surface area contributed by atoms with Gasteiger partial charge in [-0.1, -0.05) is 56.4 Å². The minimum Gasteiger partial charge on any atom is -0.340 e. The smallest absolute Gasteiger partial charge is 0.340 e. The molecule has 0 saturated carbocycles. The maximum atomic E-state index is 13.0. The Labute approximate surface area is 199 Å². The minimum absolute atomic E-state index is 0.183. The van der Waals surface area contributed by atoms with Crippen LogP contribution in [-0.2, 0) is 26.3 Å². The van der Waals surface area contributed by atoms with E-state index < -0.39 is 11.7 Å². The van der Waals surface area contributed by atoms with E-state index in [0.29, 0.717) is 33.6 Å². The molecule has 2 aromatic carbocycles. The van der Waals surface area contributed by atoms with Crippen molar-refractivity contribution in [1.29, 1.82) is 0 Å². The second kappa shape index (κ2) is 9.09. The molecule has 0 atom stereocenters. The molecule has 34 heavy (non-hydrogen) atoms. The Morgan fingerprint density at radius 1 is 1.06 bits per heavy atom. The number of hydrogen-bond acceptors (Lipinski definition) is 4. The number of nitrogens with one attached hydrogen (secondary N) is 1. The summed E-state index contributed by atoms with van der Waals surface area (Å²) in [6.45, 7) is 4.64. The van der Waals surface area contributed by atoms with Crippen molar-refractivity contribution in [2.45, 2.75) is 33.1 Å². The van der Waals surface area contributed by atoms with Gasteiger partial charge in [-0.2, -0.15) is 18.3 Å². The fourth-order valence-corrected chi connectivity index (χ4v) is 4.03. The summed E-state index contributed by atoms with van der Waals surface area (Å²) in [5.74, 6) is 0.752. The number of fused-ring (bicyclic) bond motifs is 1. The molecular weight excluding hydrogens is 463 g/mol. The van der Waals surface area contributed by atoms with E-state index in [9.17, 15) is 18.0 Å². The molecule has 1 N–H and O–H groups in total. The van der Waals surface area contributed by atoms with E-state index >= 15 is 0 Å². The molecule has 4 aromatic rings. The highest BCUT2D eigenvalue weighted by molar-refractivity contribution is 7.71. The topological polar surface area (TPSA) is 56.8 Å². The number of alkyl halides is 3. The summed E-state index contributed by atoms with van der Waals surface area (Å²) in [4.78, 5) is 13.0. The Kier molecular flexibility index (Phi) is 6.35. The highest BCUT2D eigenvalue weighted by atomic mass is 32.1. The fraction of sp³-hybridized carbons (Fsp3) is 0.292. The highest BCUT2D eigenvalue weighted by Crippen LogP contribution is 2.31.